The molecule has 3 rings (SSSR count). The van der Waals surface area contributed by atoms with Crippen LogP contribution in [-0.4, -0.2) is 27.1 Å². The second-order valence-corrected chi connectivity index (χ2v) is 8.31. The Balaban J connectivity index is 1.63. The number of hydrogen-bond acceptors (Lipinski definition) is 2. The van der Waals surface area contributed by atoms with Gasteiger partial charge in [-0.1, -0.05) is 48.5 Å². The van der Waals surface area contributed by atoms with Gasteiger partial charge < -0.3 is 15.0 Å². The molecule has 2 atom stereocenters. The van der Waals surface area contributed by atoms with E-state index in [4.69, 9.17) is 0 Å². The van der Waals surface area contributed by atoms with Crippen LogP contribution in [0.15, 0.2) is 60.8 Å². The monoisotopic (exact) mass is 372 g/mol. The summed E-state index contributed by atoms with van der Waals surface area (Å²) in [4.78, 5) is 24.9. The number of aromatic amines is 1. The molecule has 0 saturated heterocycles. The van der Waals surface area contributed by atoms with Crippen LogP contribution >= 0.6 is 7.52 Å². The molecule has 0 aliphatic heterocycles. The van der Waals surface area contributed by atoms with E-state index < -0.39 is 19.5 Å². The van der Waals surface area contributed by atoms with Gasteiger partial charge in [0.25, 0.3) is 7.52 Å². The summed E-state index contributed by atoms with van der Waals surface area (Å²) in [5, 5.41) is 12.9. The van der Waals surface area contributed by atoms with Gasteiger partial charge in [0.05, 0.1) is 0 Å². The minimum absolute atomic E-state index is 0.00310. The Kier molecular flexibility index (Phi) is 5.57. The Morgan fingerprint density at radius 2 is 1.81 bits per heavy atom. The minimum Gasteiger partial charge on any atom is -0.480 e. The molecule has 0 aliphatic carbocycles. The highest BCUT2D eigenvalue weighted by Gasteiger charge is 2.28. The van der Waals surface area contributed by atoms with E-state index in [1.165, 1.54) is 0 Å². The summed E-state index contributed by atoms with van der Waals surface area (Å²) in [5.74, 6) is -1.18. The van der Waals surface area contributed by atoms with Gasteiger partial charge in [-0.2, -0.15) is 0 Å². The van der Waals surface area contributed by atoms with E-state index in [9.17, 15) is 19.4 Å². The SMILES string of the molecule is O=C(O)C(NP(=O)(O)CCCc1c[nH]c2ccccc12)c1ccccc1. The molecule has 1 heterocycles. The van der Waals surface area contributed by atoms with Crippen molar-refractivity contribution in [1.29, 1.82) is 0 Å². The molecular weight excluding hydrogens is 351 g/mol. The highest BCUT2D eigenvalue weighted by atomic mass is 31.2. The van der Waals surface area contributed by atoms with Gasteiger partial charge >= 0.3 is 5.97 Å². The van der Waals surface area contributed by atoms with E-state index in [0.717, 1.165) is 16.5 Å². The number of carbonyl (C=O) groups is 1. The van der Waals surface area contributed by atoms with Crippen LogP contribution < -0.4 is 5.09 Å². The third-order valence-corrected chi connectivity index (χ3v) is 5.88. The number of benzene rings is 2. The van der Waals surface area contributed by atoms with Crippen molar-refractivity contribution in [2.45, 2.75) is 18.9 Å². The van der Waals surface area contributed by atoms with Crippen molar-refractivity contribution in [3.05, 3.63) is 71.9 Å². The number of H-pyrrole nitrogens is 1. The summed E-state index contributed by atoms with van der Waals surface area (Å²) in [5.41, 5.74) is 2.56. The van der Waals surface area contributed by atoms with Crippen LogP contribution in [-0.2, 0) is 15.8 Å². The number of aryl methyl sites for hydroxylation is 1. The normalized spacial score (nSPS) is 14.8. The first-order valence-electron chi connectivity index (χ1n) is 8.39. The van der Waals surface area contributed by atoms with Gasteiger partial charge in [-0.15, -0.1) is 0 Å². The first kappa shape index (κ1) is 18.4. The molecule has 0 bridgehead atoms. The van der Waals surface area contributed by atoms with Crippen molar-refractivity contribution in [1.82, 2.24) is 10.1 Å². The fourth-order valence-corrected chi connectivity index (χ4v) is 4.39. The predicted molar refractivity (Wildman–Crippen MR) is 101 cm³/mol. The third-order valence-electron chi connectivity index (χ3n) is 4.29. The quantitative estimate of drug-likeness (QED) is 0.452. The highest BCUT2D eigenvalue weighted by Crippen LogP contribution is 2.40. The maximum absolute atomic E-state index is 12.5. The van der Waals surface area contributed by atoms with E-state index in [1.807, 2.05) is 30.5 Å². The van der Waals surface area contributed by atoms with Gasteiger partial charge in [-0.25, -0.2) is 5.09 Å². The molecule has 136 valence electrons. The van der Waals surface area contributed by atoms with Crippen LogP contribution in [0.1, 0.15) is 23.6 Å². The Labute approximate surface area is 151 Å². The van der Waals surface area contributed by atoms with Crippen LogP contribution in [0.5, 0.6) is 0 Å². The van der Waals surface area contributed by atoms with Gasteiger partial charge in [-0.05, 0) is 30.0 Å². The Morgan fingerprint density at radius 1 is 1.12 bits per heavy atom. The predicted octanol–water partition coefficient (Wildman–Crippen LogP) is 3.70. The Hall–Kier alpha value is -2.40. The molecular formula is C19H21N2O4P. The minimum atomic E-state index is -3.79. The van der Waals surface area contributed by atoms with Gasteiger partial charge in [0.15, 0.2) is 0 Å². The first-order chi connectivity index (χ1) is 12.5. The first-order valence-corrected chi connectivity index (χ1v) is 10.2. The number of nitrogens with one attached hydrogen (secondary N) is 2. The highest BCUT2D eigenvalue weighted by molar-refractivity contribution is 7.55. The average molecular weight is 372 g/mol. The molecule has 3 aromatic rings. The van der Waals surface area contributed by atoms with Crippen LogP contribution in [0.3, 0.4) is 0 Å². The van der Waals surface area contributed by atoms with Gasteiger partial charge in [0.2, 0.25) is 0 Å². The molecule has 0 spiro atoms. The summed E-state index contributed by atoms with van der Waals surface area (Å²) in [6, 6.07) is 15.1. The zero-order valence-corrected chi connectivity index (χ0v) is 15.0. The lowest BCUT2D eigenvalue weighted by atomic mass is 10.1. The van der Waals surface area contributed by atoms with Crippen LogP contribution in [0.4, 0.5) is 0 Å². The van der Waals surface area contributed by atoms with E-state index in [2.05, 4.69) is 10.1 Å². The molecule has 26 heavy (non-hydrogen) atoms. The summed E-state index contributed by atoms with van der Waals surface area (Å²) in [6.45, 7) is 0. The molecule has 2 unspecified atom stereocenters. The molecule has 0 saturated carbocycles. The fraction of sp³-hybridized carbons (Fsp3) is 0.211. The molecule has 0 fully saturated rings. The number of aliphatic carboxylic acids is 1. The number of hydrogen-bond donors (Lipinski definition) is 4. The summed E-state index contributed by atoms with van der Waals surface area (Å²) >= 11 is 0. The lowest BCUT2D eigenvalue weighted by Gasteiger charge is -2.19. The number of aromatic nitrogens is 1. The lowest BCUT2D eigenvalue weighted by Crippen LogP contribution is -2.27. The molecule has 7 heteroatoms. The van der Waals surface area contributed by atoms with Gasteiger partial charge in [0.1, 0.15) is 6.04 Å². The maximum atomic E-state index is 12.5. The van der Waals surface area contributed by atoms with Crippen molar-refractivity contribution < 1.29 is 19.4 Å². The molecule has 0 amide bonds. The van der Waals surface area contributed by atoms with Gasteiger partial charge in [0, 0.05) is 23.3 Å². The molecule has 2 aromatic carbocycles. The summed E-state index contributed by atoms with van der Waals surface area (Å²) < 4.78 is 12.5. The average Bonchev–Trinajstić information content (AvgIpc) is 3.03. The zero-order chi connectivity index (χ0) is 18.6. The van der Waals surface area contributed by atoms with E-state index in [1.54, 1.807) is 30.3 Å². The lowest BCUT2D eigenvalue weighted by molar-refractivity contribution is -0.139. The summed E-state index contributed by atoms with van der Waals surface area (Å²) in [7, 11) is -3.79. The van der Waals surface area contributed by atoms with Crippen LogP contribution in [0, 0.1) is 0 Å². The van der Waals surface area contributed by atoms with E-state index in [-0.39, 0.29) is 6.16 Å². The number of rotatable bonds is 8. The number of para-hydroxylation sites is 1. The van der Waals surface area contributed by atoms with Crippen molar-refractivity contribution >= 4 is 24.4 Å². The number of carboxylic acids is 1. The summed E-state index contributed by atoms with van der Waals surface area (Å²) in [6.07, 6.45) is 3.02. The molecule has 4 N–H and O–H groups in total. The van der Waals surface area contributed by atoms with Crippen molar-refractivity contribution in [2.24, 2.45) is 0 Å². The molecule has 0 radical (unpaired) electrons. The van der Waals surface area contributed by atoms with Gasteiger partial charge in [-0.3, -0.25) is 9.36 Å². The molecule has 6 nitrogen and oxygen atoms in total. The fourth-order valence-electron chi connectivity index (χ4n) is 3.01. The number of fused-ring (bicyclic) bond motifs is 1. The van der Waals surface area contributed by atoms with Crippen molar-refractivity contribution in [3.63, 3.8) is 0 Å². The zero-order valence-electron chi connectivity index (χ0n) is 14.1. The molecule has 1 aromatic heterocycles. The van der Waals surface area contributed by atoms with Crippen molar-refractivity contribution in [3.8, 4) is 0 Å². The largest absolute Gasteiger partial charge is 0.480 e. The smallest absolute Gasteiger partial charge is 0.325 e. The number of carboxylic acid groups (broad SMARTS) is 1. The second-order valence-electron chi connectivity index (χ2n) is 6.20. The Bertz CT molecular complexity index is 939. The third kappa shape index (κ3) is 4.41. The van der Waals surface area contributed by atoms with Crippen LogP contribution in [0.2, 0.25) is 0 Å². The standard InChI is InChI=1S/C19H21N2O4P/c22-19(23)18(14-7-2-1-3-8-14)21-26(24,25)12-6-9-15-13-20-17-11-5-4-10-16(15)17/h1-5,7-8,10-11,13,18,20H,6,9,12H2,(H,22,23)(H2,21,24,25). The topological polar surface area (TPSA) is 102 Å². The Morgan fingerprint density at radius 3 is 2.54 bits per heavy atom. The maximum Gasteiger partial charge on any atom is 0.325 e. The second kappa shape index (κ2) is 7.87. The van der Waals surface area contributed by atoms with E-state index in [0.29, 0.717) is 18.4 Å². The van der Waals surface area contributed by atoms with E-state index >= 15 is 0 Å². The van der Waals surface area contributed by atoms with Crippen LogP contribution in [0.25, 0.3) is 10.9 Å². The molecule has 0 aliphatic rings. The van der Waals surface area contributed by atoms with Crippen molar-refractivity contribution in [2.75, 3.05) is 6.16 Å².